The molecule has 3 aromatic carbocycles. The fourth-order valence-corrected chi connectivity index (χ4v) is 3.29. The first-order chi connectivity index (χ1) is 16.5. The van der Waals surface area contributed by atoms with Gasteiger partial charge in [0.25, 0.3) is 0 Å². The fourth-order valence-electron chi connectivity index (χ4n) is 3.29. The second kappa shape index (κ2) is 11.5. The van der Waals surface area contributed by atoms with Gasteiger partial charge in [0.15, 0.2) is 11.6 Å². The number of hydrogen-bond acceptors (Lipinski definition) is 6. The van der Waals surface area contributed by atoms with Crippen LogP contribution in [0.25, 0.3) is 12.2 Å². The molecule has 0 aliphatic heterocycles. The fraction of sp³-hybridized carbons (Fsp3) is 0.143. The molecule has 0 fully saturated rings. The van der Waals surface area contributed by atoms with Gasteiger partial charge in [0.1, 0.15) is 23.0 Å². The average molecular weight is 459 g/mol. The summed E-state index contributed by atoms with van der Waals surface area (Å²) in [6.07, 6.45) is 6.41. The zero-order valence-corrected chi connectivity index (χ0v) is 19.5. The van der Waals surface area contributed by atoms with Crippen molar-refractivity contribution in [3.8, 4) is 23.0 Å². The summed E-state index contributed by atoms with van der Waals surface area (Å²) in [6, 6.07) is 17.6. The first-order valence-electron chi connectivity index (χ1n) is 10.5. The second-order valence-electron chi connectivity index (χ2n) is 7.20. The molecule has 34 heavy (non-hydrogen) atoms. The molecule has 0 aliphatic carbocycles. The molecule has 0 radical (unpaired) electrons. The maximum absolute atomic E-state index is 12.7. The Balaban J connectivity index is 1.75. The van der Waals surface area contributed by atoms with Crippen LogP contribution in [-0.4, -0.2) is 40.0 Å². The van der Waals surface area contributed by atoms with E-state index in [9.17, 15) is 9.59 Å². The topological polar surface area (TPSA) is 71.1 Å². The zero-order chi connectivity index (χ0) is 24.5. The van der Waals surface area contributed by atoms with E-state index in [1.165, 1.54) is 26.4 Å². The molecule has 0 saturated carbocycles. The Kier molecular flexibility index (Phi) is 8.24. The van der Waals surface area contributed by atoms with Crippen molar-refractivity contribution in [3.05, 3.63) is 95.1 Å². The number of carbonyl (C=O) groups excluding carboxylic acids is 2. The molecular weight excluding hydrogens is 432 g/mol. The summed E-state index contributed by atoms with van der Waals surface area (Å²) >= 11 is 0. The Morgan fingerprint density at radius 3 is 1.41 bits per heavy atom. The highest BCUT2D eigenvalue weighted by atomic mass is 16.5. The Labute approximate surface area is 199 Å². The zero-order valence-electron chi connectivity index (χ0n) is 19.5. The van der Waals surface area contributed by atoms with E-state index in [0.717, 1.165) is 11.1 Å². The highest BCUT2D eigenvalue weighted by Gasteiger charge is 2.12. The lowest BCUT2D eigenvalue weighted by molar-refractivity contribution is 0.103. The van der Waals surface area contributed by atoms with Crippen molar-refractivity contribution in [2.75, 3.05) is 28.4 Å². The lowest BCUT2D eigenvalue weighted by Crippen LogP contribution is -1.99. The number of ketones is 2. The molecule has 174 valence electrons. The number of hydrogen-bond donors (Lipinski definition) is 0. The molecule has 6 nitrogen and oxygen atoms in total. The van der Waals surface area contributed by atoms with Crippen LogP contribution in [0.4, 0.5) is 0 Å². The van der Waals surface area contributed by atoms with E-state index >= 15 is 0 Å². The van der Waals surface area contributed by atoms with Gasteiger partial charge < -0.3 is 18.9 Å². The molecule has 0 N–H and O–H groups in total. The van der Waals surface area contributed by atoms with Gasteiger partial charge in [-0.2, -0.15) is 0 Å². The third-order valence-corrected chi connectivity index (χ3v) is 5.11. The Morgan fingerprint density at radius 1 is 0.588 bits per heavy atom. The van der Waals surface area contributed by atoms with Gasteiger partial charge in [-0.15, -0.1) is 0 Å². The molecule has 0 heterocycles. The van der Waals surface area contributed by atoms with Crippen molar-refractivity contribution in [2.24, 2.45) is 0 Å². The molecule has 6 heteroatoms. The van der Waals surface area contributed by atoms with E-state index in [4.69, 9.17) is 18.9 Å². The molecule has 0 aromatic heterocycles. The quantitative estimate of drug-likeness (QED) is 0.295. The van der Waals surface area contributed by atoms with Crippen LogP contribution in [0.3, 0.4) is 0 Å². The highest BCUT2D eigenvalue weighted by molar-refractivity contribution is 6.09. The molecule has 0 aliphatic rings. The van der Waals surface area contributed by atoms with Gasteiger partial charge in [-0.1, -0.05) is 30.4 Å². The predicted molar refractivity (Wildman–Crippen MR) is 132 cm³/mol. The number of methoxy groups -OCH3 is 4. The van der Waals surface area contributed by atoms with Crippen LogP contribution >= 0.6 is 0 Å². The molecule has 0 unspecified atom stereocenters. The SMILES string of the molecule is COc1ccc(C(=O)C=Cc2cccc(C=CC(=O)c3ccc(OC)cc3OC)c2)c(OC)c1. The summed E-state index contributed by atoms with van der Waals surface area (Å²) in [4.78, 5) is 25.3. The van der Waals surface area contributed by atoms with Crippen LogP contribution in [0, 0.1) is 0 Å². The first-order valence-corrected chi connectivity index (χ1v) is 10.5. The van der Waals surface area contributed by atoms with Gasteiger partial charge in [-0.3, -0.25) is 9.59 Å². The van der Waals surface area contributed by atoms with Crippen LogP contribution in [0.15, 0.2) is 72.8 Å². The van der Waals surface area contributed by atoms with E-state index in [2.05, 4.69) is 0 Å². The lowest BCUT2D eigenvalue weighted by atomic mass is 10.0. The standard InChI is InChI=1S/C28H26O6/c1-31-21-10-12-23(27(17-21)33-3)25(29)14-8-19-6-5-7-20(16-19)9-15-26(30)24-13-11-22(32-2)18-28(24)34-4/h5-18H,1-4H3. The Morgan fingerprint density at radius 2 is 1.03 bits per heavy atom. The van der Waals surface area contributed by atoms with Crippen LogP contribution in [0.1, 0.15) is 31.8 Å². The van der Waals surface area contributed by atoms with Gasteiger partial charge in [-0.25, -0.2) is 0 Å². The van der Waals surface area contributed by atoms with Crippen LogP contribution in [-0.2, 0) is 0 Å². The van der Waals surface area contributed by atoms with Crippen LogP contribution in [0.2, 0.25) is 0 Å². The minimum absolute atomic E-state index is 0.192. The van der Waals surface area contributed by atoms with E-state index in [0.29, 0.717) is 34.1 Å². The molecule has 0 amide bonds. The highest BCUT2D eigenvalue weighted by Crippen LogP contribution is 2.26. The maximum Gasteiger partial charge on any atom is 0.189 e. The molecule has 0 bridgehead atoms. The molecule has 0 atom stereocenters. The van der Waals surface area contributed by atoms with Gasteiger partial charge in [0.05, 0.1) is 39.6 Å². The molecule has 0 spiro atoms. The van der Waals surface area contributed by atoms with Gasteiger partial charge >= 0.3 is 0 Å². The second-order valence-corrected chi connectivity index (χ2v) is 7.20. The smallest absolute Gasteiger partial charge is 0.189 e. The van der Waals surface area contributed by atoms with Crippen molar-refractivity contribution in [1.29, 1.82) is 0 Å². The van der Waals surface area contributed by atoms with Gasteiger partial charge in [-0.05, 0) is 53.6 Å². The molecule has 0 saturated heterocycles. The van der Waals surface area contributed by atoms with E-state index < -0.39 is 0 Å². The van der Waals surface area contributed by atoms with E-state index in [1.54, 1.807) is 62.8 Å². The molecule has 3 aromatic rings. The van der Waals surface area contributed by atoms with Gasteiger partial charge in [0, 0.05) is 12.1 Å². The first kappa shape index (κ1) is 24.3. The summed E-state index contributed by atoms with van der Waals surface area (Å²) in [6.45, 7) is 0. The minimum atomic E-state index is -0.192. The van der Waals surface area contributed by atoms with Crippen molar-refractivity contribution in [2.45, 2.75) is 0 Å². The van der Waals surface area contributed by atoms with Gasteiger partial charge in [0.2, 0.25) is 0 Å². The average Bonchev–Trinajstić information content (AvgIpc) is 2.89. The number of allylic oxidation sites excluding steroid dienone is 2. The van der Waals surface area contributed by atoms with Crippen molar-refractivity contribution in [1.82, 2.24) is 0 Å². The summed E-state index contributed by atoms with van der Waals surface area (Å²) in [5.74, 6) is 1.72. The van der Waals surface area contributed by atoms with E-state index in [1.807, 2.05) is 24.3 Å². The Hall–Kier alpha value is -4.32. The number of benzene rings is 3. The van der Waals surface area contributed by atoms with Crippen LogP contribution < -0.4 is 18.9 Å². The monoisotopic (exact) mass is 458 g/mol. The molecule has 3 rings (SSSR count). The maximum atomic E-state index is 12.7. The third kappa shape index (κ3) is 5.92. The van der Waals surface area contributed by atoms with Crippen molar-refractivity contribution < 1.29 is 28.5 Å². The lowest BCUT2D eigenvalue weighted by Gasteiger charge is -2.08. The van der Waals surface area contributed by atoms with Crippen LogP contribution in [0.5, 0.6) is 23.0 Å². The number of rotatable bonds is 10. The normalized spacial score (nSPS) is 10.9. The summed E-state index contributed by atoms with van der Waals surface area (Å²) in [7, 11) is 6.12. The largest absolute Gasteiger partial charge is 0.497 e. The summed E-state index contributed by atoms with van der Waals surface area (Å²) in [5.41, 5.74) is 2.51. The number of ether oxygens (including phenoxy) is 4. The molecular formula is C28H26O6. The van der Waals surface area contributed by atoms with Crippen molar-refractivity contribution in [3.63, 3.8) is 0 Å². The van der Waals surface area contributed by atoms with E-state index in [-0.39, 0.29) is 11.6 Å². The summed E-state index contributed by atoms with van der Waals surface area (Å²) in [5, 5.41) is 0. The summed E-state index contributed by atoms with van der Waals surface area (Å²) < 4.78 is 21.0. The Bertz CT molecular complexity index is 1150. The predicted octanol–water partition coefficient (Wildman–Crippen LogP) is 5.51. The third-order valence-electron chi connectivity index (χ3n) is 5.11. The number of carbonyl (C=O) groups is 2. The van der Waals surface area contributed by atoms with Crippen molar-refractivity contribution >= 4 is 23.7 Å². The minimum Gasteiger partial charge on any atom is -0.497 e.